The normalized spacial score (nSPS) is 22.2. The molecule has 1 heterocycles. The molecule has 0 aliphatic carbocycles. The fraction of sp³-hybridized carbons (Fsp3) is 0.500. The Kier molecular flexibility index (Phi) is 4.50. The molecule has 0 aromatic heterocycles. The minimum Gasteiger partial charge on any atom is -0.378 e. The van der Waals surface area contributed by atoms with Crippen LogP contribution in [-0.4, -0.2) is 38.0 Å². The van der Waals surface area contributed by atoms with E-state index in [1.807, 2.05) is 50.2 Å². The Morgan fingerprint density at radius 2 is 2.00 bits per heavy atom. The van der Waals surface area contributed by atoms with Crippen molar-refractivity contribution in [2.75, 3.05) is 23.9 Å². The van der Waals surface area contributed by atoms with E-state index in [1.54, 1.807) is 11.8 Å². The largest absolute Gasteiger partial charge is 0.378 e. The molecule has 114 valence electrons. The van der Waals surface area contributed by atoms with Gasteiger partial charge in [-0.25, -0.2) is 0 Å². The lowest BCUT2D eigenvalue weighted by atomic mass is 10.0. The number of amides is 2. The Morgan fingerprint density at radius 1 is 1.29 bits per heavy atom. The maximum absolute atomic E-state index is 12.7. The second-order valence-electron chi connectivity index (χ2n) is 5.65. The zero-order valence-electron chi connectivity index (χ0n) is 13.1. The Labute approximate surface area is 125 Å². The molecule has 2 rings (SSSR count). The average Bonchev–Trinajstić information content (AvgIpc) is 2.45. The first-order chi connectivity index (χ1) is 9.95. The lowest BCUT2D eigenvalue weighted by molar-refractivity contribution is -0.133. The van der Waals surface area contributed by atoms with Gasteiger partial charge in [-0.1, -0.05) is 19.4 Å². The van der Waals surface area contributed by atoms with Crippen LogP contribution in [0.25, 0.3) is 0 Å². The highest BCUT2D eigenvalue weighted by Crippen LogP contribution is 2.26. The lowest BCUT2D eigenvalue weighted by Gasteiger charge is -2.37. The van der Waals surface area contributed by atoms with E-state index in [1.165, 1.54) is 0 Å². The smallest absolute Gasteiger partial charge is 0.250 e. The minimum atomic E-state index is -0.483. The topological polar surface area (TPSA) is 52.7 Å². The van der Waals surface area contributed by atoms with Crippen LogP contribution in [0, 0.1) is 0 Å². The van der Waals surface area contributed by atoms with Gasteiger partial charge >= 0.3 is 0 Å². The molecule has 2 unspecified atom stereocenters. The van der Waals surface area contributed by atoms with E-state index in [0.29, 0.717) is 6.42 Å². The Hall–Kier alpha value is -2.04. The van der Waals surface area contributed by atoms with Gasteiger partial charge < -0.3 is 10.2 Å². The fourth-order valence-electron chi connectivity index (χ4n) is 2.59. The van der Waals surface area contributed by atoms with Crippen molar-refractivity contribution in [2.24, 2.45) is 0 Å². The van der Waals surface area contributed by atoms with Gasteiger partial charge in [-0.15, -0.1) is 0 Å². The summed E-state index contributed by atoms with van der Waals surface area (Å²) in [6, 6.07) is 6.81. The molecule has 5 heteroatoms. The molecule has 0 radical (unpaired) electrons. The molecular formula is C16H23N3O2. The highest BCUT2D eigenvalue weighted by molar-refractivity contribution is 6.08. The first-order valence-corrected chi connectivity index (χ1v) is 7.36. The summed E-state index contributed by atoms with van der Waals surface area (Å²) >= 11 is 0. The number of carbonyl (C=O) groups is 2. The molecule has 0 saturated carbocycles. The Balaban J connectivity index is 2.36. The van der Waals surface area contributed by atoms with Gasteiger partial charge in [0.15, 0.2) is 0 Å². The molecule has 1 fully saturated rings. The van der Waals surface area contributed by atoms with Crippen molar-refractivity contribution < 1.29 is 9.59 Å². The second kappa shape index (κ2) is 6.16. The molecule has 2 amide bonds. The number of anilines is 2. The molecule has 0 spiro atoms. The van der Waals surface area contributed by atoms with Crippen LogP contribution in [0.15, 0.2) is 24.3 Å². The van der Waals surface area contributed by atoms with E-state index < -0.39 is 12.1 Å². The number of hydrogen-bond donors (Lipinski definition) is 1. The molecule has 1 aliphatic rings. The van der Waals surface area contributed by atoms with Crippen LogP contribution in [0.3, 0.4) is 0 Å². The first-order valence-electron chi connectivity index (χ1n) is 7.36. The van der Waals surface area contributed by atoms with Crippen molar-refractivity contribution in [2.45, 2.75) is 38.8 Å². The summed E-state index contributed by atoms with van der Waals surface area (Å²) in [5.41, 5.74) is 1.78. The third-order valence-corrected chi connectivity index (χ3v) is 3.82. The van der Waals surface area contributed by atoms with Gasteiger partial charge in [-0.2, -0.15) is 0 Å². The monoisotopic (exact) mass is 289 g/mol. The molecule has 1 aromatic rings. The number of piperazine rings is 1. The van der Waals surface area contributed by atoms with Crippen molar-refractivity contribution in [3.05, 3.63) is 24.3 Å². The van der Waals surface area contributed by atoms with E-state index in [4.69, 9.17) is 0 Å². The summed E-state index contributed by atoms with van der Waals surface area (Å²) in [5.74, 6) is -0.122. The molecule has 1 aliphatic heterocycles. The molecule has 0 bridgehead atoms. The van der Waals surface area contributed by atoms with Gasteiger partial charge in [0.05, 0.1) is 0 Å². The van der Waals surface area contributed by atoms with Crippen molar-refractivity contribution in [1.82, 2.24) is 5.32 Å². The zero-order valence-corrected chi connectivity index (χ0v) is 13.1. The van der Waals surface area contributed by atoms with Crippen molar-refractivity contribution in [3.63, 3.8) is 0 Å². The number of nitrogens with one attached hydrogen (secondary N) is 1. The van der Waals surface area contributed by atoms with E-state index in [2.05, 4.69) is 5.32 Å². The summed E-state index contributed by atoms with van der Waals surface area (Å²) in [7, 11) is 3.90. The second-order valence-corrected chi connectivity index (χ2v) is 5.65. The summed E-state index contributed by atoms with van der Waals surface area (Å²) in [6.45, 7) is 3.77. The summed E-state index contributed by atoms with van der Waals surface area (Å²) in [5, 5.41) is 2.81. The lowest BCUT2D eigenvalue weighted by Crippen LogP contribution is -2.62. The van der Waals surface area contributed by atoms with Crippen LogP contribution < -0.4 is 15.1 Å². The number of hydrogen-bond acceptors (Lipinski definition) is 3. The minimum absolute atomic E-state index is 0.0279. The maximum atomic E-state index is 12.7. The van der Waals surface area contributed by atoms with Crippen LogP contribution in [0.1, 0.15) is 26.7 Å². The number of rotatable bonds is 4. The van der Waals surface area contributed by atoms with Crippen LogP contribution in [0.4, 0.5) is 11.4 Å². The maximum Gasteiger partial charge on any atom is 0.250 e. The summed E-state index contributed by atoms with van der Waals surface area (Å²) < 4.78 is 0. The van der Waals surface area contributed by atoms with Crippen molar-refractivity contribution in [1.29, 1.82) is 0 Å². The van der Waals surface area contributed by atoms with Crippen LogP contribution in [-0.2, 0) is 9.59 Å². The highest BCUT2D eigenvalue weighted by Gasteiger charge is 2.38. The highest BCUT2D eigenvalue weighted by atomic mass is 16.2. The van der Waals surface area contributed by atoms with E-state index in [-0.39, 0.29) is 11.8 Å². The van der Waals surface area contributed by atoms with Gasteiger partial charge in [0, 0.05) is 25.5 Å². The van der Waals surface area contributed by atoms with Crippen molar-refractivity contribution in [3.8, 4) is 0 Å². The van der Waals surface area contributed by atoms with E-state index in [0.717, 1.165) is 17.8 Å². The van der Waals surface area contributed by atoms with E-state index in [9.17, 15) is 9.59 Å². The summed E-state index contributed by atoms with van der Waals surface area (Å²) in [6.07, 6.45) is 1.53. The first kappa shape index (κ1) is 15.4. The Bertz CT molecular complexity index is 542. The number of benzene rings is 1. The molecule has 2 atom stereocenters. The van der Waals surface area contributed by atoms with Crippen LogP contribution in [0.2, 0.25) is 0 Å². The predicted octanol–water partition coefficient (Wildman–Crippen LogP) is 1.77. The SMILES string of the molecule is CCCC1NC(=O)C(C)N(c2cccc(N(C)C)c2)C1=O. The molecule has 1 aromatic carbocycles. The molecule has 1 saturated heterocycles. The molecule has 1 N–H and O–H groups in total. The predicted molar refractivity (Wildman–Crippen MR) is 84.6 cm³/mol. The molecule has 5 nitrogen and oxygen atoms in total. The summed E-state index contributed by atoms with van der Waals surface area (Å²) in [4.78, 5) is 28.4. The van der Waals surface area contributed by atoms with E-state index >= 15 is 0 Å². The van der Waals surface area contributed by atoms with Gasteiger partial charge in [0.2, 0.25) is 11.8 Å². The Morgan fingerprint density at radius 3 is 2.62 bits per heavy atom. The number of nitrogens with zero attached hydrogens (tertiary/aromatic N) is 2. The fourth-order valence-corrected chi connectivity index (χ4v) is 2.59. The van der Waals surface area contributed by atoms with Gasteiger partial charge in [0.25, 0.3) is 0 Å². The van der Waals surface area contributed by atoms with Gasteiger partial charge in [-0.05, 0) is 31.5 Å². The zero-order chi connectivity index (χ0) is 15.6. The average molecular weight is 289 g/mol. The third kappa shape index (κ3) is 3.01. The van der Waals surface area contributed by atoms with Gasteiger partial charge in [0.1, 0.15) is 12.1 Å². The van der Waals surface area contributed by atoms with Crippen LogP contribution >= 0.6 is 0 Å². The standard InChI is InChI=1S/C16H23N3O2/c1-5-7-14-16(21)19(11(2)15(20)17-14)13-9-6-8-12(10-13)18(3)4/h6,8-11,14H,5,7H2,1-4H3,(H,17,20). The third-order valence-electron chi connectivity index (χ3n) is 3.82. The van der Waals surface area contributed by atoms with Crippen molar-refractivity contribution >= 4 is 23.2 Å². The molecule has 21 heavy (non-hydrogen) atoms. The number of carbonyl (C=O) groups excluding carboxylic acids is 2. The van der Waals surface area contributed by atoms with Gasteiger partial charge in [-0.3, -0.25) is 14.5 Å². The van der Waals surface area contributed by atoms with Crippen LogP contribution in [0.5, 0.6) is 0 Å². The quantitative estimate of drug-likeness (QED) is 0.919. The molecular weight excluding hydrogens is 266 g/mol.